The lowest BCUT2D eigenvalue weighted by Crippen LogP contribution is -2.43. The lowest BCUT2D eigenvalue weighted by molar-refractivity contribution is -0.192. The summed E-state index contributed by atoms with van der Waals surface area (Å²) in [5, 5.41) is 16.7. The average molecular weight is 650 g/mol. The summed E-state index contributed by atoms with van der Waals surface area (Å²) in [4.78, 5) is 41.2. The van der Waals surface area contributed by atoms with Gasteiger partial charge in [0.05, 0.1) is 49.4 Å². The van der Waals surface area contributed by atoms with Gasteiger partial charge in [0, 0.05) is 18.9 Å². The second-order valence-electron chi connectivity index (χ2n) is 10.5. The van der Waals surface area contributed by atoms with Gasteiger partial charge >= 0.3 is 24.1 Å². The van der Waals surface area contributed by atoms with Crippen LogP contribution < -0.4 is 9.80 Å². The number of aryl methyl sites for hydroxylation is 1. The maximum absolute atomic E-state index is 13.4. The molecule has 2 amide bonds. The summed E-state index contributed by atoms with van der Waals surface area (Å²) in [6, 6.07) is 14.5. The van der Waals surface area contributed by atoms with Gasteiger partial charge in [0.15, 0.2) is 0 Å². The maximum atomic E-state index is 13.4. The highest BCUT2D eigenvalue weighted by Gasteiger charge is 2.38. The van der Waals surface area contributed by atoms with E-state index in [2.05, 4.69) is 4.98 Å². The number of aromatic carboxylic acids is 1. The van der Waals surface area contributed by atoms with Crippen molar-refractivity contribution in [3.05, 3.63) is 89.5 Å². The quantitative estimate of drug-likeness (QED) is 0.239. The number of carbonyl (C=O) groups is 3. The molecule has 2 N–H and O–H groups in total. The molecule has 1 aliphatic carbocycles. The molecule has 248 valence electrons. The molecule has 0 bridgehead atoms. The van der Waals surface area contributed by atoms with Gasteiger partial charge in [0.2, 0.25) is 0 Å². The number of ether oxygens (including phenoxy) is 2. The van der Waals surface area contributed by atoms with E-state index in [1.54, 1.807) is 61.6 Å². The SMILES string of the molecule is Cc1cccc(CO[C@H]2CCC[C@@H](OCCN(C(=O)N(C)c3ccc(F)cc3)c3cccnc3)C2)c1C(=O)O.O=C(O)C(F)(F)F. The number of carbonyl (C=O) groups excluding carboxylic acids is 1. The Hall–Kier alpha value is -4.56. The van der Waals surface area contributed by atoms with E-state index in [4.69, 9.17) is 19.4 Å². The Labute approximate surface area is 263 Å². The van der Waals surface area contributed by atoms with Gasteiger partial charge in [-0.3, -0.25) is 14.8 Å². The van der Waals surface area contributed by atoms with Crippen LogP contribution in [0.15, 0.2) is 67.0 Å². The number of aromatic nitrogens is 1. The van der Waals surface area contributed by atoms with Crippen molar-refractivity contribution in [3.8, 4) is 0 Å². The van der Waals surface area contributed by atoms with Gasteiger partial charge in [-0.05, 0) is 80.1 Å². The number of carboxylic acid groups (broad SMARTS) is 2. The summed E-state index contributed by atoms with van der Waals surface area (Å²) in [6.45, 7) is 2.65. The normalized spacial score (nSPS) is 16.1. The monoisotopic (exact) mass is 649 g/mol. The number of hydrogen-bond donors (Lipinski definition) is 2. The minimum atomic E-state index is -5.08. The van der Waals surface area contributed by atoms with Crippen molar-refractivity contribution in [2.45, 2.75) is 57.6 Å². The molecule has 2 aromatic carbocycles. The summed E-state index contributed by atoms with van der Waals surface area (Å²) in [5.41, 5.74) is 2.89. The molecule has 1 fully saturated rings. The van der Waals surface area contributed by atoms with Crippen molar-refractivity contribution >= 4 is 29.3 Å². The Kier molecular flexibility index (Phi) is 13.0. The number of pyridine rings is 1. The smallest absolute Gasteiger partial charge is 0.478 e. The molecule has 0 aliphatic heterocycles. The van der Waals surface area contributed by atoms with Crippen molar-refractivity contribution in [2.75, 3.05) is 30.0 Å². The predicted octanol–water partition coefficient (Wildman–Crippen LogP) is 6.47. The van der Waals surface area contributed by atoms with Gasteiger partial charge < -0.3 is 19.7 Å². The number of amides is 2. The van der Waals surface area contributed by atoms with Crippen LogP contribution in [0.2, 0.25) is 0 Å². The number of halogens is 4. The Morgan fingerprint density at radius 2 is 1.61 bits per heavy atom. The lowest BCUT2D eigenvalue weighted by Gasteiger charge is -2.31. The zero-order chi connectivity index (χ0) is 33.9. The van der Waals surface area contributed by atoms with Gasteiger partial charge in [0.25, 0.3) is 0 Å². The van der Waals surface area contributed by atoms with E-state index in [9.17, 15) is 32.3 Å². The lowest BCUT2D eigenvalue weighted by atomic mass is 9.94. The number of benzene rings is 2. The minimum absolute atomic E-state index is 0.0270. The van der Waals surface area contributed by atoms with Crippen molar-refractivity contribution in [1.82, 2.24) is 4.98 Å². The fourth-order valence-corrected chi connectivity index (χ4v) is 4.88. The largest absolute Gasteiger partial charge is 0.490 e. The van der Waals surface area contributed by atoms with Crippen molar-refractivity contribution in [2.24, 2.45) is 0 Å². The molecule has 1 saturated carbocycles. The number of carboxylic acids is 2. The molecule has 3 aromatic rings. The van der Waals surface area contributed by atoms with Crippen LogP contribution in [0.1, 0.15) is 47.2 Å². The fourth-order valence-electron chi connectivity index (χ4n) is 4.88. The Morgan fingerprint density at radius 1 is 0.957 bits per heavy atom. The first-order chi connectivity index (χ1) is 21.8. The van der Waals surface area contributed by atoms with E-state index >= 15 is 0 Å². The number of rotatable bonds is 10. The number of anilines is 2. The predicted molar refractivity (Wildman–Crippen MR) is 160 cm³/mol. The van der Waals surface area contributed by atoms with Crippen LogP contribution >= 0.6 is 0 Å². The number of urea groups is 1. The third-order valence-corrected chi connectivity index (χ3v) is 7.23. The highest BCUT2D eigenvalue weighted by molar-refractivity contribution is 6.03. The zero-order valence-electron chi connectivity index (χ0n) is 25.2. The van der Waals surface area contributed by atoms with Crippen LogP contribution in [0.4, 0.5) is 33.7 Å². The molecule has 4 rings (SSSR count). The molecule has 1 heterocycles. The van der Waals surface area contributed by atoms with Crippen LogP contribution in [0, 0.1) is 12.7 Å². The van der Waals surface area contributed by atoms with Crippen LogP contribution in [-0.2, 0) is 20.9 Å². The summed E-state index contributed by atoms with van der Waals surface area (Å²) < 4.78 is 57.4. The van der Waals surface area contributed by atoms with Crippen molar-refractivity contribution < 1.29 is 51.6 Å². The number of alkyl halides is 3. The Balaban J connectivity index is 0.000000738. The molecule has 0 spiro atoms. The maximum Gasteiger partial charge on any atom is 0.490 e. The number of aliphatic carboxylic acids is 1. The van der Waals surface area contributed by atoms with Crippen LogP contribution in [0.5, 0.6) is 0 Å². The summed E-state index contributed by atoms with van der Waals surface area (Å²) >= 11 is 0. The highest BCUT2D eigenvalue weighted by atomic mass is 19.4. The number of hydrogen-bond acceptors (Lipinski definition) is 6. The molecule has 1 aromatic heterocycles. The van der Waals surface area contributed by atoms with Crippen molar-refractivity contribution in [3.63, 3.8) is 0 Å². The van der Waals surface area contributed by atoms with E-state index in [0.29, 0.717) is 47.6 Å². The molecule has 10 nitrogen and oxygen atoms in total. The van der Waals surface area contributed by atoms with Gasteiger partial charge in [-0.25, -0.2) is 18.8 Å². The van der Waals surface area contributed by atoms with Gasteiger partial charge in [-0.15, -0.1) is 0 Å². The molecule has 0 saturated heterocycles. The van der Waals surface area contributed by atoms with E-state index in [-0.39, 0.29) is 30.7 Å². The second kappa shape index (κ2) is 16.7. The topological polar surface area (TPSA) is 130 Å². The molecular formula is C32H35F4N3O7. The van der Waals surface area contributed by atoms with Gasteiger partial charge in [-0.1, -0.05) is 18.2 Å². The summed E-state index contributed by atoms with van der Waals surface area (Å²) in [7, 11) is 1.65. The second-order valence-corrected chi connectivity index (χ2v) is 10.5. The zero-order valence-corrected chi connectivity index (χ0v) is 25.2. The van der Waals surface area contributed by atoms with Crippen LogP contribution in [0.3, 0.4) is 0 Å². The highest BCUT2D eigenvalue weighted by Crippen LogP contribution is 2.26. The Bertz CT molecular complexity index is 1460. The van der Waals surface area contributed by atoms with Gasteiger partial charge in [0.1, 0.15) is 5.82 Å². The third kappa shape index (κ3) is 10.5. The molecule has 0 radical (unpaired) electrons. The molecule has 46 heavy (non-hydrogen) atoms. The van der Waals surface area contributed by atoms with E-state index < -0.39 is 18.1 Å². The van der Waals surface area contributed by atoms with Crippen LogP contribution in [0.25, 0.3) is 0 Å². The summed E-state index contributed by atoms with van der Waals surface area (Å²) in [5.74, 6) is -4.07. The molecular weight excluding hydrogens is 614 g/mol. The molecule has 14 heteroatoms. The Morgan fingerprint density at radius 3 is 2.20 bits per heavy atom. The third-order valence-electron chi connectivity index (χ3n) is 7.23. The van der Waals surface area contributed by atoms with Crippen LogP contribution in [-0.4, -0.2) is 71.8 Å². The molecule has 1 aliphatic rings. The first kappa shape index (κ1) is 35.9. The van der Waals surface area contributed by atoms with E-state index in [0.717, 1.165) is 19.3 Å². The first-order valence-electron chi connectivity index (χ1n) is 14.3. The number of nitrogens with zero attached hydrogens (tertiary/aromatic N) is 3. The first-order valence-corrected chi connectivity index (χ1v) is 14.3. The van der Waals surface area contributed by atoms with E-state index in [1.165, 1.54) is 17.0 Å². The van der Waals surface area contributed by atoms with E-state index in [1.807, 2.05) is 12.1 Å². The summed E-state index contributed by atoms with van der Waals surface area (Å²) in [6.07, 6.45) is 1.53. The van der Waals surface area contributed by atoms with Crippen molar-refractivity contribution in [1.29, 1.82) is 0 Å². The van der Waals surface area contributed by atoms with Gasteiger partial charge in [-0.2, -0.15) is 13.2 Å². The standard InChI is InChI=1S/C30H34FN3O5.C2HF3O2/c1-21-6-3-7-22(28(21)29(35)36)20-39-27-10-4-9-26(18-27)38-17-16-34(25-8-5-15-32-19-25)30(37)33(2)24-13-11-23(31)12-14-24;3-2(4,5)1(6)7/h3,5-8,11-15,19,26-27H,4,9-10,16-18,20H2,1-2H3,(H,35,36);(H,6,7)/t26-,27+;/m1./s1. The minimum Gasteiger partial charge on any atom is -0.478 e. The average Bonchev–Trinajstić information content (AvgIpc) is 3.02. The molecule has 2 atom stereocenters. The fraction of sp³-hybridized carbons (Fsp3) is 0.375. The molecule has 0 unspecified atom stereocenters.